The fourth-order valence-electron chi connectivity index (χ4n) is 5.05. The molecule has 3 heterocycles. The van der Waals surface area contributed by atoms with Gasteiger partial charge in [0, 0.05) is 20.1 Å². The molecule has 200 valence electrons. The highest BCUT2D eigenvalue weighted by Crippen LogP contribution is 2.27. The van der Waals surface area contributed by atoms with Crippen LogP contribution in [0.2, 0.25) is 0 Å². The van der Waals surface area contributed by atoms with Crippen LogP contribution in [0.1, 0.15) is 18.4 Å². The maximum Gasteiger partial charge on any atom is 0.329 e. The number of anilines is 1. The monoisotopic (exact) mass is 519 g/mol. The number of piperidine rings is 1. The van der Waals surface area contributed by atoms with E-state index in [1.165, 1.54) is 10.1 Å². The maximum absolute atomic E-state index is 12.9. The Kier molecular flexibility index (Phi) is 7.50. The van der Waals surface area contributed by atoms with Gasteiger partial charge in [0.25, 0.3) is 5.56 Å². The Morgan fingerprint density at radius 2 is 1.74 bits per heavy atom. The highest BCUT2D eigenvalue weighted by Gasteiger charge is 2.27. The minimum atomic E-state index is -0.916. The number of ether oxygens (including phenoxy) is 2. The number of aliphatic hydroxyl groups is 1. The van der Waals surface area contributed by atoms with Gasteiger partial charge in [-0.05, 0) is 55.0 Å². The number of nitrogens with zero attached hydrogens (tertiary/aromatic N) is 4. The number of fused-ring (bicyclic) bond motifs is 1. The van der Waals surface area contributed by atoms with E-state index >= 15 is 0 Å². The molecule has 4 aromatic rings. The number of benzene rings is 2. The first-order valence-corrected chi connectivity index (χ1v) is 12.9. The summed E-state index contributed by atoms with van der Waals surface area (Å²) in [6.07, 6.45) is 2.08. The molecule has 0 aliphatic carbocycles. The molecule has 10 heteroatoms. The average molecular weight is 520 g/mol. The summed E-state index contributed by atoms with van der Waals surface area (Å²) in [5.74, 6) is 2.45. The number of aryl methyl sites for hydroxylation is 1. The van der Waals surface area contributed by atoms with Crippen molar-refractivity contribution in [1.82, 2.24) is 19.1 Å². The van der Waals surface area contributed by atoms with Gasteiger partial charge < -0.3 is 24.0 Å². The molecule has 2 aromatic heterocycles. The van der Waals surface area contributed by atoms with E-state index in [-0.39, 0.29) is 18.7 Å². The van der Waals surface area contributed by atoms with Gasteiger partial charge in [-0.15, -0.1) is 0 Å². The normalized spacial score (nSPS) is 15.1. The number of hydrogen-bond acceptors (Lipinski definition) is 7. The van der Waals surface area contributed by atoms with Crippen LogP contribution in [-0.4, -0.2) is 57.1 Å². The summed E-state index contributed by atoms with van der Waals surface area (Å²) >= 11 is 0. The van der Waals surface area contributed by atoms with Crippen molar-refractivity contribution in [1.29, 1.82) is 0 Å². The summed E-state index contributed by atoms with van der Waals surface area (Å²) in [6, 6.07) is 17.6. The zero-order valence-corrected chi connectivity index (χ0v) is 21.7. The van der Waals surface area contributed by atoms with Crippen LogP contribution in [0.15, 0.2) is 64.2 Å². The molecule has 1 saturated heterocycles. The van der Waals surface area contributed by atoms with Crippen molar-refractivity contribution >= 4 is 17.1 Å². The van der Waals surface area contributed by atoms with Crippen LogP contribution >= 0.6 is 0 Å². The predicted molar refractivity (Wildman–Crippen MR) is 145 cm³/mol. The molecule has 0 bridgehead atoms. The first-order chi connectivity index (χ1) is 18.4. The number of hydrogen-bond donors (Lipinski definition) is 2. The van der Waals surface area contributed by atoms with Crippen LogP contribution in [0.4, 0.5) is 5.95 Å². The van der Waals surface area contributed by atoms with Crippen LogP contribution in [0.25, 0.3) is 11.2 Å². The second-order valence-corrected chi connectivity index (χ2v) is 9.77. The number of methoxy groups -OCH3 is 1. The molecular formula is C28H33N5O5. The zero-order chi connectivity index (χ0) is 26.6. The Bertz CT molecular complexity index is 1480. The first-order valence-electron chi connectivity index (χ1n) is 12.9. The van der Waals surface area contributed by atoms with E-state index in [0.29, 0.717) is 29.0 Å². The van der Waals surface area contributed by atoms with E-state index < -0.39 is 17.4 Å². The van der Waals surface area contributed by atoms with E-state index in [1.54, 1.807) is 43.0 Å². The fourth-order valence-corrected chi connectivity index (χ4v) is 5.05. The molecule has 1 aliphatic heterocycles. The molecule has 10 nitrogen and oxygen atoms in total. The van der Waals surface area contributed by atoms with Crippen LogP contribution in [0.5, 0.6) is 11.5 Å². The van der Waals surface area contributed by atoms with Crippen molar-refractivity contribution < 1.29 is 14.6 Å². The summed E-state index contributed by atoms with van der Waals surface area (Å²) in [7, 11) is 3.17. The number of nitrogens with one attached hydrogen (secondary N) is 1. The Labute approximate surface area is 220 Å². The largest absolute Gasteiger partial charge is 0.497 e. The Balaban J connectivity index is 1.36. The molecule has 0 unspecified atom stereocenters. The van der Waals surface area contributed by atoms with E-state index in [0.717, 1.165) is 32.4 Å². The molecule has 2 N–H and O–H groups in total. The average Bonchev–Trinajstić information content (AvgIpc) is 3.31. The molecule has 1 atom stereocenters. The lowest BCUT2D eigenvalue weighted by Gasteiger charge is -2.33. The number of H-pyrrole nitrogens is 1. The second-order valence-electron chi connectivity index (χ2n) is 9.77. The molecule has 5 rings (SSSR count). The van der Waals surface area contributed by atoms with E-state index in [4.69, 9.17) is 14.5 Å². The van der Waals surface area contributed by atoms with Crippen molar-refractivity contribution in [2.75, 3.05) is 31.7 Å². The molecule has 0 radical (unpaired) electrons. The zero-order valence-electron chi connectivity index (χ0n) is 21.7. The van der Waals surface area contributed by atoms with E-state index in [9.17, 15) is 14.7 Å². The molecule has 0 amide bonds. The minimum Gasteiger partial charge on any atom is -0.497 e. The third kappa shape index (κ3) is 5.45. The summed E-state index contributed by atoms with van der Waals surface area (Å²) in [6.45, 7) is 1.65. The highest BCUT2D eigenvalue weighted by molar-refractivity contribution is 5.74. The summed E-state index contributed by atoms with van der Waals surface area (Å²) in [5, 5.41) is 10.9. The Hall–Kier alpha value is -4.05. The molecular weight excluding hydrogens is 486 g/mol. The van der Waals surface area contributed by atoms with Crippen molar-refractivity contribution in [3.05, 3.63) is 81.0 Å². The van der Waals surface area contributed by atoms with E-state index in [1.807, 2.05) is 6.07 Å². The van der Waals surface area contributed by atoms with Crippen molar-refractivity contribution in [2.24, 2.45) is 13.0 Å². The van der Waals surface area contributed by atoms with Gasteiger partial charge in [-0.1, -0.05) is 30.3 Å². The quantitative estimate of drug-likeness (QED) is 0.349. The van der Waals surface area contributed by atoms with Gasteiger partial charge in [0.05, 0.1) is 13.7 Å². The summed E-state index contributed by atoms with van der Waals surface area (Å²) in [4.78, 5) is 34.4. The predicted octanol–water partition coefficient (Wildman–Crippen LogP) is 2.33. The number of imidazole rings is 1. The van der Waals surface area contributed by atoms with Gasteiger partial charge in [0.15, 0.2) is 11.2 Å². The summed E-state index contributed by atoms with van der Waals surface area (Å²) < 4.78 is 14.0. The lowest BCUT2D eigenvalue weighted by Crippen LogP contribution is -2.37. The van der Waals surface area contributed by atoms with Gasteiger partial charge in [-0.25, -0.2) is 4.79 Å². The van der Waals surface area contributed by atoms with Crippen molar-refractivity contribution in [3.63, 3.8) is 0 Å². The van der Waals surface area contributed by atoms with Crippen molar-refractivity contribution in [2.45, 2.75) is 31.9 Å². The van der Waals surface area contributed by atoms with Gasteiger partial charge in [-0.3, -0.25) is 14.3 Å². The number of rotatable bonds is 9. The van der Waals surface area contributed by atoms with Crippen LogP contribution in [0.3, 0.4) is 0 Å². The third-order valence-corrected chi connectivity index (χ3v) is 7.15. The fraction of sp³-hybridized carbons (Fsp3) is 0.393. The van der Waals surface area contributed by atoms with E-state index in [2.05, 4.69) is 34.1 Å². The molecule has 0 spiro atoms. The third-order valence-electron chi connectivity index (χ3n) is 7.15. The minimum absolute atomic E-state index is 0.0221. The summed E-state index contributed by atoms with van der Waals surface area (Å²) in [5.41, 5.74) is 0.841. The first kappa shape index (κ1) is 25.6. The van der Waals surface area contributed by atoms with Gasteiger partial charge in [-0.2, -0.15) is 4.98 Å². The van der Waals surface area contributed by atoms with Gasteiger partial charge in [0.1, 0.15) is 24.2 Å². The van der Waals surface area contributed by atoms with Crippen LogP contribution in [0, 0.1) is 5.92 Å². The molecule has 2 aromatic carbocycles. The smallest absolute Gasteiger partial charge is 0.329 e. The number of aromatic amines is 1. The van der Waals surface area contributed by atoms with Gasteiger partial charge in [0.2, 0.25) is 5.95 Å². The molecule has 1 fully saturated rings. The Morgan fingerprint density at radius 3 is 2.42 bits per heavy atom. The highest BCUT2D eigenvalue weighted by atomic mass is 16.5. The topological polar surface area (TPSA) is 115 Å². The molecule has 1 aliphatic rings. The van der Waals surface area contributed by atoms with Crippen molar-refractivity contribution in [3.8, 4) is 11.5 Å². The van der Waals surface area contributed by atoms with Gasteiger partial charge >= 0.3 is 5.69 Å². The SMILES string of the molecule is COc1ccc(OC[C@H](O)Cn2c(N3CCC(Cc4ccccc4)CC3)nc3c2c(=O)[nH]c(=O)n3C)cc1. The standard InChI is InChI=1S/C28H33N5O5/c1-31-25-24(26(35)30-28(31)36)33(17-21(34)18-38-23-10-8-22(37-2)9-11-23)27(29-25)32-14-12-20(13-15-32)16-19-6-4-3-5-7-19/h3-11,20-21,34H,12-18H2,1-2H3,(H,30,35,36)/t21-/m1/s1. The second kappa shape index (κ2) is 11.1. The molecule has 0 saturated carbocycles. The number of aliphatic hydroxyl groups excluding tert-OH is 1. The lowest BCUT2D eigenvalue weighted by molar-refractivity contribution is 0.0935. The van der Waals surface area contributed by atoms with Crippen LogP contribution in [-0.2, 0) is 20.0 Å². The number of aromatic nitrogens is 4. The van der Waals surface area contributed by atoms with Crippen LogP contribution < -0.4 is 25.6 Å². The Morgan fingerprint density at radius 1 is 1.05 bits per heavy atom. The maximum atomic E-state index is 12.9. The molecule has 38 heavy (non-hydrogen) atoms. The lowest BCUT2D eigenvalue weighted by atomic mass is 9.90.